The molecule has 0 bridgehead atoms. The van der Waals surface area contributed by atoms with Crippen LogP contribution in [-0.2, 0) is 16.0 Å². The third-order valence-corrected chi connectivity index (χ3v) is 3.35. The summed E-state index contributed by atoms with van der Waals surface area (Å²) >= 11 is 6.18. The number of aromatic amines is 1. The second-order valence-electron chi connectivity index (χ2n) is 5.10. The molecule has 2 N–H and O–H groups in total. The number of hydrogen-bond acceptors (Lipinski definition) is 4. The predicted molar refractivity (Wildman–Crippen MR) is 79.7 cm³/mol. The van der Waals surface area contributed by atoms with Gasteiger partial charge in [0.1, 0.15) is 11.3 Å². The molecule has 1 unspecified atom stereocenters. The molecular weight excluding hydrogens is 294 g/mol. The standard InChI is InChI=1S/C15H16ClNO4/c1-3-21-14(19)12-6-10-4-9(7-15(2,20)8-18)5-11(16)13(10)17-12/h4-6,8,17,20H,3,7H2,1-2H3. The number of fused-ring (bicyclic) bond motifs is 1. The van der Waals surface area contributed by atoms with Crippen LogP contribution in [0.4, 0.5) is 0 Å². The molecule has 1 aromatic carbocycles. The average Bonchev–Trinajstić information content (AvgIpc) is 2.83. The molecule has 6 heteroatoms. The van der Waals surface area contributed by atoms with Crippen molar-refractivity contribution in [3.8, 4) is 0 Å². The maximum Gasteiger partial charge on any atom is 0.354 e. The molecule has 0 aliphatic heterocycles. The van der Waals surface area contributed by atoms with Crippen LogP contribution in [0.3, 0.4) is 0 Å². The minimum Gasteiger partial charge on any atom is -0.461 e. The number of rotatable bonds is 5. The van der Waals surface area contributed by atoms with E-state index < -0.39 is 11.6 Å². The minimum absolute atomic E-state index is 0.145. The summed E-state index contributed by atoms with van der Waals surface area (Å²) in [5.74, 6) is -0.453. The monoisotopic (exact) mass is 309 g/mol. The summed E-state index contributed by atoms with van der Waals surface area (Å²) in [5.41, 5.74) is 0.193. The predicted octanol–water partition coefficient (Wildman–Crippen LogP) is 2.49. The van der Waals surface area contributed by atoms with Crippen LogP contribution >= 0.6 is 11.6 Å². The number of halogens is 1. The Labute approximate surface area is 126 Å². The van der Waals surface area contributed by atoms with Gasteiger partial charge in [-0.15, -0.1) is 0 Å². The molecule has 0 aliphatic carbocycles. The Kier molecular flexibility index (Phi) is 4.34. The lowest BCUT2D eigenvalue weighted by Gasteiger charge is -2.15. The van der Waals surface area contributed by atoms with Crippen LogP contribution in [0.15, 0.2) is 18.2 Å². The number of ether oxygens (including phenoxy) is 1. The summed E-state index contributed by atoms with van der Waals surface area (Å²) in [6.45, 7) is 3.45. The van der Waals surface area contributed by atoms with Gasteiger partial charge in [0.2, 0.25) is 0 Å². The normalized spacial score (nSPS) is 13.9. The quantitative estimate of drug-likeness (QED) is 0.657. The molecule has 1 heterocycles. The summed E-state index contributed by atoms with van der Waals surface area (Å²) in [7, 11) is 0. The van der Waals surface area contributed by atoms with Gasteiger partial charge in [0.25, 0.3) is 0 Å². The molecule has 0 radical (unpaired) electrons. The van der Waals surface area contributed by atoms with Crippen LogP contribution in [0, 0.1) is 0 Å². The summed E-state index contributed by atoms with van der Waals surface area (Å²) < 4.78 is 4.93. The molecule has 1 atom stereocenters. The Bertz CT molecular complexity index is 690. The maximum atomic E-state index is 11.7. The van der Waals surface area contributed by atoms with Crippen LogP contribution in [0.5, 0.6) is 0 Å². The van der Waals surface area contributed by atoms with Crippen LogP contribution in [-0.4, -0.2) is 34.6 Å². The number of hydrogen-bond donors (Lipinski definition) is 2. The van der Waals surface area contributed by atoms with Crippen LogP contribution in [0.25, 0.3) is 10.9 Å². The van der Waals surface area contributed by atoms with E-state index in [1.807, 2.05) is 0 Å². The van der Waals surface area contributed by atoms with Gasteiger partial charge in [-0.05, 0) is 37.6 Å². The molecule has 0 saturated heterocycles. The summed E-state index contributed by atoms with van der Waals surface area (Å²) in [5, 5.41) is 11.0. The largest absolute Gasteiger partial charge is 0.461 e. The lowest BCUT2D eigenvalue weighted by atomic mass is 9.97. The van der Waals surface area contributed by atoms with E-state index >= 15 is 0 Å². The Morgan fingerprint density at radius 1 is 1.48 bits per heavy atom. The van der Waals surface area contributed by atoms with E-state index in [2.05, 4.69) is 4.98 Å². The SMILES string of the molecule is CCOC(=O)c1cc2cc(CC(C)(O)C=O)cc(Cl)c2[nH]1. The zero-order valence-corrected chi connectivity index (χ0v) is 12.5. The molecule has 5 nitrogen and oxygen atoms in total. The number of aliphatic hydroxyl groups is 1. The fraction of sp³-hybridized carbons (Fsp3) is 0.333. The number of carbonyl (C=O) groups excluding carboxylic acids is 2. The van der Waals surface area contributed by atoms with Crippen LogP contribution in [0.2, 0.25) is 5.02 Å². The summed E-state index contributed by atoms with van der Waals surface area (Å²) in [6.07, 6.45) is 0.637. The highest BCUT2D eigenvalue weighted by Crippen LogP contribution is 2.27. The highest BCUT2D eigenvalue weighted by molar-refractivity contribution is 6.35. The van der Waals surface area contributed by atoms with E-state index in [4.69, 9.17) is 16.3 Å². The Morgan fingerprint density at radius 2 is 2.19 bits per heavy atom. The first-order chi connectivity index (χ1) is 9.86. The number of aldehydes is 1. The van der Waals surface area contributed by atoms with E-state index in [0.29, 0.717) is 28.1 Å². The molecule has 0 fully saturated rings. The summed E-state index contributed by atoms with van der Waals surface area (Å²) in [6, 6.07) is 5.07. The van der Waals surface area contributed by atoms with Crippen LogP contribution in [0.1, 0.15) is 29.9 Å². The van der Waals surface area contributed by atoms with Gasteiger partial charge >= 0.3 is 5.97 Å². The number of H-pyrrole nitrogens is 1. The molecule has 2 rings (SSSR count). The van der Waals surface area contributed by atoms with Crippen molar-refractivity contribution in [1.29, 1.82) is 0 Å². The number of nitrogens with one attached hydrogen (secondary N) is 1. The zero-order valence-electron chi connectivity index (χ0n) is 11.8. The molecule has 0 spiro atoms. The molecule has 1 aromatic heterocycles. The number of benzene rings is 1. The van der Waals surface area contributed by atoms with Gasteiger partial charge in [-0.3, -0.25) is 0 Å². The molecule has 0 aliphatic rings. The van der Waals surface area contributed by atoms with Crippen molar-refractivity contribution in [1.82, 2.24) is 4.98 Å². The first kappa shape index (κ1) is 15.5. The van der Waals surface area contributed by atoms with E-state index in [9.17, 15) is 14.7 Å². The fourth-order valence-electron chi connectivity index (χ4n) is 2.13. The van der Waals surface area contributed by atoms with Gasteiger partial charge in [0.15, 0.2) is 6.29 Å². The molecule has 112 valence electrons. The topological polar surface area (TPSA) is 79.4 Å². The van der Waals surface area contributed by atoms with Gasteiger partial charge in [-0.25, -0.2) is 4.79 Å². The molecule has 21 heavy (non-hydrogen) atoms. The average molecular weight is 310 g/mol. The lowest BCUT2D eigenvalue weighted by Crippen LogP contribution is -2.28. The molecule has 0 amide bonds. The van der Waals surface area contributed by atoms with Crippen molar-refractivity contribution < 1.29 is 19.4 Å². The van der Waals surface area contributed by atoms with Crippen LogP contribution < -0.4 is 0 Å². The summed E-state index contributed by atoms with van der Waals surface area (Å²) in [4.78, 5) is 25.4. The van der Waals surface area contributed by atoms with E-state index in [0.717, 1.165) is 5.39 Å². The maximum absolute atomic E-state index is 11.7. The second kappa shape index (κ2) is 5.87. The van der Waals surface area contributed by atoms with Crippen molar-refractivity contribution in [2.75, 3.05) is 6.61 Å². The highest BCUT2D eigenvalue weighted by atomic mass is 35.5. The van der Waals surface area contributed by atoms with Gasteiger partial charge in [0.05, 0.1) is 17.1 Å². The second-order valence-corrected chi connectivity index (χ2v) is 5.50. The van der Waals surface area contributed by atoms with Crippen molar-refractivity contribution in [2.45, 2.75) is 25.9 Å². The minimum atomic E-state index is -1.45. The number of carbonyl (C=O) groups is 2. The van der Waals surface area contributed by atoms with Gasteiger partial charge < -0.3 is 19.6 Å². The van der Waals surface area contributed by atoms with Crippen molar-refractivity contribution >= 4 is 34.8 Å². The molecule has 2 aromatic rings. The Morgan fingerprint density at radius 3 is 2.81 bits per heavy atom. The molecular formula is C15H16ClNO4. The zero-order chi connectivity index (χ0) is 15.6. The van der Waals surface area contributed by atoms with Crippen molar-refractivity contribution in [3.05, 3.63) is 34.5 Å². The van der Waals surface area contributed by atoms with Crippen molar-refractivity contribution in [2.24, 2.45) is 0 Å². The Hall–Kier alpha value is -1.85. The van der Waals surface area contributed by atoms with Gasteiger partial charge in [-0.2, -0.15) is 0 Å². The third kappa shape index (κ3) is 3.43. The van der Waals surface area contributed by atoms with Gasteiger partial charge in [-0.1, -0.05) is 11.6 Å². The van der Waals surface area contributed by atoms with Crippen molar-refractivity contribution in [3.63, 3.8) is 0 Å². The highest BCUT2D eigenvalue weighted by Gasteiger charge is 2.21. The van der Waals surface area contributed by atoms with E-state index in [1.54, 1.807) is 25.1 Å². The third-order valence-electron chi connectivity index (χ3n) is 3.05. The molecule has 0 saturated carbocycles. The first-order valence-electron chi connectivity index (χ1n) is 6.53. The number of esters is 1. The lowest BCUT2D eigenvalue weighted by molar-refractivity contribution is -0.122. The number of aromatic nitrogens is 1. The Balaban J connectivity index is 2.41. The first-order valence-corrected chi connectivity index (χ1v) is 6.91. The fourth-order valence-corrected chi connectivity index (χ4v) is 2.43. The van der Waals surface area contributed by atoms with E-state index in [1.165, 1.54) is 6.92 Å². The van der Waals surface area contributed by atoms with E-state index in [-0.39, 0.29) is 13.0 Å². The smallest absolute Gasteiger partial charge is 0.354 e. The van der Waals surface area contributed by atoms with Gasteiger partial charge in [0, 0.05) is 11.8 Å².